The van der Waals surface area contributed by atoms with Gasteiger partial charge in [0.1, 0.15) is 5.69 Å². The van der Waals surface area contributed by atoms with Gasteiger partial charge in [-0.1, -0.05) is 50.0 Å². The van der Waals surface area contributed by atoms with Gasteiger partial charge in [-0.3, -0.25) is 9.59 Å². The number of carboxylic acid groups (broad SMARTS) is 1. The van der Waals surface area contributed by atoms with Gasteiger partial charge < -0.3 is 25.1 Å². The van der Waals surface area contributed by atoms with E-state index in [0.29, 0.717) is 18.5 Å². The number of aliphatic carboxylic acids is 1. The van der Waals surface area contributed by atoms with Gasteiger partial charge in [-0.15, -0.1) is 0 Å². The molecule has 1 aromatic heterocycles. The second kappa shape index (κ2) is 11.7. The molecule has 0 saturated heterocycles. The van der Waals surface area contributed by atoms with Crippen LogP contribution in [0.5, 0.6) is 0 Å². The second-order valence-corrected chi connectivity index (χ2v) is 9.28. The minimum Gasteiger partial charge on any atom is -0.479 e. The molecule has 184 valence electrons. The Morgan fingerprint density at radius 1 is 1.24 bits per heavy atom. The van der Waals surface area contributed by atoms with Crippen molar-refractivity contribution in [1.29, 1.82) is 0 Å². The minimum atomic E-state index is -1.12. The Kier molecular flexibility index (Phi) is 8.67. The molecule has 1 aliphatic carbocycles. The quantitative estimate of drug-likeness (QED) is 0.364. The molecule has 34 heavy (non-hydrogen) atoms. The maximum atomic E-state index is 13.2. The highest BCUT2D eigenvalue weighted by atomic mass is 16.6. The third-order valence-corrected chi connectivity index (χ3v) is 6.16. The molecule has 2 amide bonds. The van der Waals surface area contributed by atoms with E-state index in [1.165, 1.54) is 6.21 Å². The Morgan fingerprint density at radius 2 is 1.97 bits per heavy atom. The van der Waals surface area contributed by atoms with Crippen LogP contribution in [0.3, 0.4) is 0 Å². The van der Waals surface area contributed by atoms with E-state index in [0.717, 1.165) is 30.2 Å². The predicted octanol–water partition coefficient (Wildman–Crippen LogP) is 3.08. The Balaban J connectivity index is 1.68. The zero-order chi connectivity index (χ0) is 24.7. The number of aryl methyl sites for hydroxylation is 1. The summed E-state index contributed by atoms with van der Waals surface area (Å²) in [6, 6.07) is 9.04. The van der Waals surface area contributed by atoms with Crippen molar-refractivity contribution < 1.29 is 24.3 Å². The molecule has 1 fully saturated rings. The number of carbonyl (C=O) groups is 3. The van der Waals surface area contributed by atoms with Crippen molar-refractivity contribution in [1.82, 2.24) is 15.2 Å². The average molecular weight is 471 g/mol. The average Bonchev–Trinajstić information content (AvgIpc) is 3.13. The Hall–Kier alpha value is -3.36. The largest absolute Gasteiger partial charge is 0.479 e. The van der Waals surface area contributed by atoms with Crippen LogP contribution in [0.15, 0.2) is 35.5 Å². The number of aromatic nitrogens is 1. The number of oxime groups is 1. The molecule has 2 aromatic rings. The molecule has 1 saturated carbocycles. The highest BCUT2D eigenvalue weighted by Crippen LogP contribution is 2.26. The van der Waals surface area contributed by atoms with Crippen molar-refractivity contribution >= 4 is 34.9 Å². The van der Waals surface area contributed by atoms with E-state index in [2.05, 4.69) is 15.8 Å². The van der Waals surface area contributed by atoms with E-state index in [-0.39, 0.29) is 29.7 Å². The Bertz CT molecular complexity index is 1050. The number of carbonyl (C=O) groups excluding carboxylic acids is 2. The molecule has 0 spiro atoms. The summed E-state index contributed by atoms with van der Waals surface area (Å²) in [6.45, 7) is 3.51. The standard InChI is InChI=1S/C25H34N4O5/c1-16(2)12-18(14-26-34-15-23(30)31)27-24(32)19-9-5-6-10-20(19)28-25(33)22-13-17-8-4-7-11-21(17)29(22)3/h4,7-8,11,13-14,16,18-20H,5-6,9-10,12,15H2,1-3H3,(H,27,32)(H,28,33)(H,30,31)/t18?,19-,20+/m1/s1. The van der Waals surface area contributed by atoms with Crippen LogP contribution in [0.4, 0.5) is 0 Å². The zero-order valence-corrected chi connectivity index (χ0v) is 20.0. The minimum absolute atomic E-state index is 0.141. The first kappa shape index (κ1) is 25.3. The van der Waals surface area contributed by atoms with Gasteiger partial charge in [0.25, 0.3) is 5.91 Å². The molecular formula is C25H34N4O5. The van der Waals surface area contributed by atoms with Gasteiger partial charge in [-0.25, -0.2) is 4.79 Å². The van der Waals surface area contributed by atoms with E-state index < -0.39 is 18.6 Å². The lowest BCUT2D eigenvalue weighted by molar-refractivity contribution is -0.142. The van der Waals surface area contributed by atoms with Crippen LogP contribution in [-0.2, 0) is 21.5 Å². The van der Waals surface area contributed by atoms with E-state index in [1.54, 1.807) is 0 Å². The van der Waals surface area contributed by atoms with E-state index in [1.807, 2.05) is 55.8 Å². The number of nitrogens with one attached hydrogen (secondary N) is 2. The Morgan fingerprint density at radius 3 is 2.68 bits per heavy atom. The first-order valence-corrected chi connectivity index (χ1v) is 11.8. The second-order valence-electron chi connectivity index (χ2n) is 9.28. The summed E-state index contributed by atoms with van der Waals surface area (Å²) in [5.41, 5.74) is 1.54. The molecule has 1 aromatic carbocycles. The highest BCUT2D eigenvalue weighted by molar-refractivity contribution is 5.99. The van der Waals surface area contributed by atoms with Crippen LogP contribution < -0.4 is 10.6 Å². The molecule has 9 heteroatoms. The van der Waals surface area contributed by atoms with Gasteiger partial charge in [0.2, 0.25) is 12.5 Å². The molecule has 3 atom stereocenters. The number of benzene rings is 1. The first-order chi connectivity index (χ1) is 16.3. The SMILES string of the molecule is CC(C)CC(C=NOCC(=O)O)NC(=O)[C@@H]1CCCC[C@@H]1NC(=O)c1cc2ccccc2n1C. The van der Waals surface area contributed by atoms with Crippen LogP contribution in [0.2, 0.25) is 0 Å². The van der Waals surface area contributed by atoms with Crippen LogP contribution in [0, 0.1) is 11.8 Å². The zero-order valence-electron chi connectivity index (χ0n) is 20.0. The van der Waals surface area contributed by atoms with Gasteiger partial charge >= 0.3 is 5.97 Å². The highest BCUT2D eigenvalue weighted by Gasteiger charge is 2.33. The predicted molar refractivity (Wildman–Crippen MR) is 130 cm³/mol. The van der Waals surface area contributed by atoms with Gasteiger partial charge in [0.05, 0.1) is 18.2 Å². The molecular weight excluding hydrogens is 436 g/mol. The van der Waals surface area contributed by atoms with E-state index in [4.69, 9.17) is 9.94 Å². The lowest BCUT2D eigenvalue weighted by atomic mass is 9.83. The fourth-order valence-corrected chi connectivity index (χ4v) is 4.53. The maximum Gasteiger partial charge on any atom is 0.344 e. The van der Waals surface area contributed by atoms with Gasteiger partial charge in [-0.05, 0) is 37.3 Å². The smallest absolute Gasteiger partial charge is 0.344 e. The number of hydrogen-bond donors (Lipinski definition) is 3. The summed E-state index contributed by atoms with van der Waals surface area (Å²) < 4.78 is 1.87. The third-order valence-electron chi connectivity index (χ3n) is 6.16. The summed E-state index contributed by atoms with van der Waals surface area (Å²) >= 11 is 0. The van der Waals surface area contributed by atoms with Crippen molar-refractivity contribution in [3.05, 3.63) is 36.0 Å². The van der Waals surface area contributed by atoms with E-state index >= 15 is 0 Å². The van der Waals surface area contributed by atoms with Crippen LogP contribution in [-0.4, -0.2) is 52.4 Å². The normalized spacial score (nSPS) is 19.3. The number of rotatable bonds is 10. The van der Waals surface area contributed by atoms with Crippen molar-refractivity contribution in [3.8, 4) is 0 Å². The van der Waals surface area contributed by atoms with Gasteiger partial charge in [0.15, 0.2) is 0 Å². The summed E-state index contributed by atoms with van der Waals surface area (Å²) in [6.07, 6.45) is 5.36. The number of nitrogens with zero attached hydrogens (tertiary/aromatic N) is 2. The first-order valence-electron chi connectivity index (χ1n) is 11.8. The van der Waals surface area contributed by atoms with Gasteiger partial charge in [-0.2, -0.15) is 0 Å². The topological polar surface area (TPSA) is 122 Å². The van der Waals surface area contributed by atoms with Gasteiger partial charge in [0, 0.05) is 24.0 Å². The molecule has 1 aliphatic rings. The molecule has 1 unspecified atom stereocenters. The van der Waals surface area contributed by atoms with Crippen LogP contribution in [0.1, 0.15) is 56.4 Å². The summed E-state index contributed by atoms with van der Waals surface area (Å²) in [4.78, 5) is 41.7. The van der Waals surface area contributed by atoms with Crippen molar-refractivity contribution in [2.45, 2.75) is 58.0 Å². The Labute approximate surface area is 199 Å². The monoisotopic (exact) mass is 470 g/mol. The van der Waals surface area contributed by atoms with Crippen LogP contribution >= 0.6 is 0 Å². The fraction of sp³-hybridized carbons (Fsp3) is 0.520. The fourth-order valence-electron chi connectivity index (χ4n) is 4.53. The van der Waals surface area contributed by atoms with Crippen molar-refractivity contribution in [2.24, 2.45) is 24.0 Å². The number of carboxylic acids is 1. The molecule has 3 rings (SSSR count). The summed E-state index contributed by atoms with van der Waals surface area (Å²) in [7, 11) is 1.87. The molecule has 0 radical (unpaired) electrons. The number of hydrogen-bond acceptors (Lipinski definition) is 5. The molecule has 9 nitrogen and oxygen atoms in total. The van der Waals surface area contributed by atoms with Crippen molar-refractivity contribution in [2.75, 3.05) is 6.61 Å². The number of fused-ring (bicyclic) bond motifs is 1. The lowest BCUT2D eigenvalue weighted by Gasteiger charge is -2.32. The van der Waals surface area contributed by atoms with Crippen LogP contribution in [0.25, 0.3) is 10.9 Å². The number of para-hydroxylation sites is 1. The summed E-state index contributed by atoms with van der Waals surface area (Å²) in [5.74, 6) is -1.52. The number of amides is 2. The van der Waals surface area contributed by atoms with E-state index in [9.17, 15) is 14.4 Å². The lowest BCUT2D eigenvalue weighted by Crippen LogP contribution is -2.51. The van der Waals surface area contributed by atoms with Crippen molar-refractivity contribution in [3.63, 3.8) is 0 Å². The molecule has 0 aliphatic heterocycles. The third kappa shape index (κ3) is 6.59. The maximum absolute atomic E-state index is 13.2. The molecule has 3 N–H and O–H groups in total. The molecule has 1 heterocycles. The summed E-state index contributed by atoms with van der Waals surface area (Å²) in [5, 5.41) is 19.5. The molecule has 0 bridgehead atoms.